The van der Waals surface area contributed by atoms with Crippen LogP contribution in [0.25, 0.3) is 0 Å². The second-order valence-corrected chi connectivity index (χ2v) is 2.63. The molecule has 0 amide bonds. The zero-order valence-electron chi connectivity index (χ0n) is 7.30. The lowest BCUT2D eigenvalue weighted by Crippen LogP contribution is -2.01. The van der Waals surface area contributed by atoms with Crippen LogP contribution >= 0.6 is 0 Å². The summed E-state index contributed by atoms with van der Waals surface area (Å²) in [6.45, 7) is 3.40. The summed E-state index contributed by atoms with van der Waals surface area (Å²) in [6.07, 6.45) is 1.76. The van der Waals surface area contributed by atoms with E-state index in [0.717, 1.165) is 11.3 Å². The van der Waals surface area contributed by atoms with Gasteiger partial charge < -0.3 is 4.74 Å². The van der Waals surface area contributed by atoms with Crippen LogP contribution in [0.15, 0.2) is 12.3 Å². The van der Waals surface area contributed by atoms with Crippen LogP contribution in [0.2, 0.25) is 0 Å². The maximum atomic E-state index is 11.8. The quantitative estimate of drug-likeness (QED) is 0.690. The summed E-state index contributed by atoms with van der Waals surface area (Å²) < 4.78 is 16.9. The fourth-order valence-corrected chi connectivity index (χ4v) is 0.905. The third-order valence-corrected chi connectivity index (χ3v) is 1.51. The Morgan fingerprint density at radius 2 is 2.25 bits per heavy atom. The van der Waals surface area contributed by atoms with E-state index in [1.54, 1.807) is 6.20 Å². The topological polar surface area (TPSA) is 22.1 Å². The highest BCUT2D eigenvalue weighted by Crippen LogP contribution is 2.15. The van der Waals surface area contributed by atoms with Crippen LogP contribution in [0.4, 0.5) is 4.39 Å². The first-order valence-electron chi connectivity index (χ1n) is 3.86. The standard InChI is InChI=1S/C9H12FNO/c1-7-5-9(12-4-3-10)8(2)11-6-7/h5-6H,3-4H2,1-2H3. The van der Waals surface area contributed by atoms with Gasteiger partial charge in [0, 0.05) is 6.20 Å². The van der Waals surface area contributed by atoms with Crippen molar-refractivity contribution >= 4 is 0 Å². The fraction of sp³-hybridized carbons (Fsp3) is 0.444. The Hall–Kier alpha value is -1.12. The number of rotatable bonds is 3. The molecular formula is C9H12FNO. The van der Waals surface area contributed by atoms with Gasteiger partial charge in [0.25, 0.3) is 0 Å². The second kappa shape index (κ2) is 4.04. The van der Waals surface area contributed by atoms with Gasteiger partial charge in [-0.3, -0.25) is 4.98 Å². The summed E-state index contributed by atoms with van der Waals surface area (Å²) in [7, 11) is 0. The van der Waals surface area contributed by atoms with Crippen LogP contribution in [-0.2, 0) is 0 Å². The van der Waals surface area contributed by atoms with Crippen molar-refractivity contribution in [1.82, 2.24) is 4.98 Å². The van der Waals surface area contributed by atoms with Crippen LogP contribution < -0.4 is 4.74 Å². The Balaban J connectivity index is 2.75. The van der Waals surface area contributed by atoms with E-state index in [9.17, 15) is 4.39 Å². The second-order valence-electron chi connectivity index (χ2n) is 2.63. The van der Waals surface area contributed by atoms with E-state index in [0.29, 0.717) is 5.75 Å². The van der Waals surface area contributed by atoms with Gasteiger partial charge in [0.15, 0.2) is 0 Å². The normalized spacial score (nSPS) is 9.92. The number of ether oxygens (including phenoxy) is 1. The molecule has 0 spiro atoms. The summed E-state index contributed by atoms with van der Waals surface area (Å²) in [5.74, 6) is 0.674. The molecule has 0 fully saturated rings. The number of alkyl halides is 1. The number of aromatic nitrogens is 1. The summed E-state index contributed by atoms with van der Waals surface area (Å²) in [4.78, 5) is 4.08. The molecule has 12 heavy (non-hydrogen) atoms. The molecule has 1 rings (SSSR count). The predicted octanol–water partition coefficient (Wildman–Crippen LogP) is 2.05. The van der Waals surface area contributed by atoms with E-state index >= 15 is 0 Å². The van der Waals surface area contributed by atoms with E-state index in [2.05, 4.69) is 4.98 Å². The van der Waals surface area contributed by atoms with Gasteiger partial charge in [0.05, 0.1) is 5.69 Å². The van der Waals surface area contributed by atoms with Crippen molar-refractivity contribution in [3.8, 4) is 5.75 Å². The Bertz CT molecular complexity index is 263. The zero-order valence-corrected chi connectivity index (χ0v) is 7.30. The molecule has 1 aromatic heterocycles. The first-order chi connectivity index (χ1) is 5.74. The molecule has 1 aromatic rings. The SMILES string of the molecule is Cc1cnc(C)c(OCCF)c1. The van der Waals surface area contributed by atoms with Gasteiger partial charge in [0.1, 0.15) is 19.0 Å². The van der Waals surface area contributed by atoms with Crippen molar-refractivity contribution in [2.24, 2.45) is 0 Å². The molecule has 66 valence electrons. The van der Waals surface area contributed by atoms with Crippen molar-refractivity contribution in [3.63, 3.8) is 0 Å². The Kier molecular flexibility index (Phi) is 3.02. The molecular weight excluding hydrogens is 157 g/mol. The van der Waals surface area contributed by atoms with Gasteiger partial charge in [0.2, 0.25) is 0 Å². The third kappa shape index (κ3) is 2.19. The largest absolute Gasteiger partial charge is 0.489 e. The lowest BCUT2D eigenvalue weighted by atomic mass is 10.2. The molecule has 0 saturated heterocycles. The molecule has 0 N–H and O–H groups in total. The molecule has 0 aromatic carbocycles. The van der Waals surface area contributed by atoms with Gasteiger partial charge >= 0.3 is 0 Å². The van der Waals surface area contributed by atoms with Gasteiger partial charge in [-0.1, -0.05) is 0 Å². The third-order valence-electron chi connectivity index (χ3n) is 1.51. The van der Waals surface area contributed by atoms with Crippen LogP contribution in [0.1, 0.15) is 11.3 Å². The van der Waals surface area contributed by atoms with Crippen molar-refractivity contribution in [2.75, 3.05) is 13.3 Å². The van der Waals surface area contributed by atoms with Crippen molar-refractivity contribution in [3.05, 3.63) is 23.5 Å². The molecule has 0 aliphatic heterocycles. The predicted molar refractivity (Wildman–Crippen MR) is 45.2 cm³/mol. The van der Waals surface area contributed by atoms with Crippen LogP contribution in [0, 0.1) is 13.8 Å². The maximum Gasteiger partial charge on any atom is 0.140 e. The van der Waals surface area contributed by atoms with E-state index < -0.39 is 6.67 Å². The summed E-state index contributed by atoms with van der Waals surface area (Å²) in [5.41, 5.74) is 1.82. The summed E-state index contributed by atoms with van der Waals surface area (Å²) in [6, 6.07) is 1.86. The molecule has 3 heteroatoms. The Morgan fingerprint density at radius 3 is 2.92 bits per heavy atom. The minimum absolute atomic E-state index is 0.103. The number of nitrogens with zero attached hydrogens (tertiary/aromatic N) is 1. The molecule has 0 bridgehead atoms. The molecule has 0 atom stereocenters. The van der Waals surface area contributed by atoms with Crippen LogP contribution in [-0.4, -0.2) is 18.3 Å². The lowest BCUT2D eigenvalue weighted by molar-refractivity contribution is 0.270. The van der Waals surface area contributed by atoms with Crippen molar-refractivity contribution in [1.29, 1.82) is 0 Å². The first kappa shape index (κ1) is 8.97. The molecule has 0 saturated carbocycles. The van der Waals surface area contributed by atoms with E-state index in [1.807, 2.05) is 19.9 Å². The minimum atomic E-state index is -0.465. The molecule has 0 aliphatic rings. The summed E-state index contributed by atoms with van der Waals surface area (Å²) >= 11 is 0. The average Bonchev–Trinajstić information content (AvgIpc) is 2.07. The fourth-order valence-electron chi connectivity index (χ4n) is 0.905. The molecule has 2 nitrogen and oxygen atoms in total. The summed E-state index contributed by atoms with van der Waals surface area (Å²) in [5, 5.41) is 0. The van der Waals surface area contributed by atoms with E-state index in [4.69, 9.17) is 4.74 Å². The molecule has 0 aliphatic carbocycles. The average molecular weight is 169 g/mol. The highest BCUT2D eigenvalue weighted by Gasteiger charge is 1.99. The minimum Gasteiger partial charge on any atom is -0.489 e. The Morgan fingerprint density at radius 1 is 1.50 bits per heavy atom. The Labute approximate surface area is 71.4 Å². The van der Waals surface area contributed by atoms with Gasteiger partial charge in [-0.15, -0.1) is 0 Å². The number of hydrogen-bond acceptors (Lipinski definition) is 2. The smallest absolute Gasteiger partial charge is 0.140 e. The molecule has 0 unspecified atom stereocenters. The van der Waals surface area contributed by atoms with E-state index in [-0.39, 0.29) is 6.61 Å². The maximum absolute atomic E-state index is 11.8. The van der Waals surface area contributed by atoms with Crippen LogP contribution in [0.5, 0.6) is 5.75 Å². The highest BCUT2D eigenvalue weighted by atomic mass is 19.1. The highest BCUT2D eigenvalue weighted by molar-refractivity contribution is 5.29. The van der Waals surface area contributed by atoms with Gasteiger partial charge in [-0.25, -0.2) is 4.39 Å². The van der Waals surface area contributed by atoms with Crippen molar-refractivity contribution in [2.45, 2.75) is 13.8 Å². The first-order valence-corrected chi connectivity index (χ1v) is 3.86. The number of halogens is 1. The number of hydrogen-bond donors (Lipinski definition) is 0. The van der Waals surface area contributed by atoms with Crippen molar-refractivity contribution < 1.29 is 9.13 Å². The lowest BCUT2D eigenvalue weighted by Gasteiger charge is -2.06. The zero-order chi connectivity index (χ0) is 8.97. The monoisotopic (exact) mass is 169 g/mol. The van der Waals surface area contributed by atoms with Gasteiger partial charge in [-0.2, -0.15) is 0 Å². The molecule has 0 radical (unpaired) electrons. The molecule has 1 heterocycles. The van der Waals surface area contributed by atoms with Crippen LogP contribution in [0.3, 0.4) is 0 Å². The number of pyridine rings is 1. The van der Waals surface area contributed by atoms with Gasteiger partial charge in [-0.05, 0) is 25.5 Å². The van der Waals surface area contributed by atoms with E-state index in [1.165, 1.54) is 0 Å². The number of aryl methyl sites for hydroxylation is 2.